The van der Waals surface area contributed by atoms with E-state index in [4.69, 9.17) is 14.2 Å². The summed E-state index contributed by atoms with van der Waals surface area (Å²) in [4.78, 5) is 4.69. The molecule has 0 aromatic carbocycles. The minimum Gasteiger partial charge on any atom is -0.370 e. The second kappa shape index (κ2) is 6.88. The monoisotopic (exact) mass is 293 g/mol. The lowest BCUT2D eigenvalue weighted by Crippen LogP contribution is -2.20. The zero-order valence-electron chi connectivity index (χ0n) is 13.2. The van der Waals surface area contributed by atoms with Crippen molar-refractivity contribution in [3.63, 3.8) is 0 Å². The Morgan fingerprint density at radius 3 is 2.76 bits per heavy atom. The Kier molecular flexibility index (Phi) is 4.91. The molecular weight excluding hydrogens is 266 g/mol. The van der Waals surface area contributed by atoms with Gasteiger partial charge in [-0.25, -0.2) is 0 Å². The molecule has 1 aliphatic heterocycles. The number of nitrogens with one attached hydrogen (secondary N) is 1. The Balaban J connectivity index is 1.74. The molecule has 3 unspecified atom stereocenters. The van der Waals surface area contributed by atoms with E-state index in [1.165, 1.54) is 32.1 Å². The van der Waals surface area contributed by atoms with Crippen LogP contribution in [-0.2, 0) is 4.74 Å². The maximum atomic E-state index is 5.97. The van der Waals surface area contributed by atoms with Gasteiger partial charge in [0.15, 0.2) is 0 Å². The summed E-state index contributed by atoms with van der Waals surface area (Å²) in [6.45, 7) is 6.94. The third-order valence-electron chi connectivity index (χ3n) is 4.97. The molecule has 0 radical (unpaired) electrons. The van der Waals surface area contributed by atoms with E-state index in [0.29, 0.717) is 24.4 Å². The van der Waals surface area contributed by atoms with Crippen LogP contribution < -0.4 is 5.32 Å². The minimum absolute atomic E-state index is 0.0115. The largest absolute Gasteiger partial charge is 0.370 e. The average molecular weight is 293 g/mol. The van der Waals surface area contributed by atoms with E-state index in [0.717, 1.165) is 24.8 Å². The van der Waals surface area contributed by atoms with Gasteiger partial charge in [-0.05, 0) is 38.1 Å². The molecule has 1 aromatic rings. The molecule has 2 aliphatic rings. The van der Waals surface area contributed by atoms with Crippen LogP contribution in [0.25, 0.3) is 0 Å². The maximum Gasteiger partial charge on any atom is 0.231 e. The van der Waals surface area contributed by atoms with Crippen LogP contribution in [0.4, 0.5) is 0 Å². The van der Waals surface area contributed by atoms with Gasteiger partial charge in [-0.1, -0.05) is 31.3 Å². The van der Waals surface area contributed by atoms with Gasteiger partial charge in [0.25, 0.3) is 0 Å². The van der Waals surface area contributed by atoms with Gasteiger partial charge in [0.05, 0.1) is 5.92 Å². The average Bonchev–Trinajstić information content (AvgIpc) is 3.14. The molecule has 1 saturated heterocycles. The van der Waals surface area contributed by atoms with Gasteiger partial charge >= 0.3 is 0 Å². The highest BCUT2D eigenvalue weighted by Crippen LogP contribution is 2.36. The molecule has 1 saturated carbocycles. The van der Waals surface area contributed by atoms with E-state index in [9.17, 15) is 0 Å². The van der Waals surface area contributed by atoms with Gasteiger partial charge in [-0.15, -0.1) is 0 Å². The Hall–Kier alpha value is -0.940. The van der Waals surface area contributed by atoms with Crippen molar-refractivity contribution in [1.29, 1.82) is 0 Å². The fourth-order valence-electron chi connectivity index (χ4n) is 3.69. The molecule has 0 spiro atoms. The van der Waals surface area contributed by atoms with Gasteiger partial charge in [-0.2, -0.15) is 4.98 Å². The zero-order valence-corrected chi connectivity index (χ0v) is 13.2. The first-order valence-electron chi connectivity index (χ1n) is 8.45. The van der Waals surface area contributed by atoms with E-state index in [1.807, 2.05) is 6.92 Å². The number of ether oxygens (including phenoxy) is 1. The normalized spacial score (nSPS) is 28.9. The van der Waals surface area contributed by atoms with Crippen molar-refractivity contribution < 1.29 is 9.26 Å². The molecule has 118 valence electrons. The van der Waals surface area contributed by atoms with E-state index in [1.54, 1.807) is 0 Å². The minimum atomic E-state index is 0.0115. The molecule has 3 rings (SSSR count). The highest BCUT2D eigenvalue weighted by molar-refractivity contribution is 5.03. The summed E-state index contributed by atoms with van der Waals surface area (Å²) < 4.78 is 11.5. The fraction of sp³-hybridized carbons (Fsp3) is 0.875. The quantitative estimate of drug-likeness (QED) is 0.904. The van der Waals surface area contributed by atoms with Crippen LogP contribution in [0.1, 0.15) is 69.7 Å². The van der Waals surface area contributed by atoms with Crippen LogP contribution in [0.15, 0.2) is 4.52 Å². The maximum absolute atomic E-state index is 5.97. The molecule has 5 heteroatoms. The van der Waals surface area contributed by atoms with Crippen LogP contribution in [0, 0.1) is 11.8 Å². The summed E-state index contributed by atoms with van der Waals surface area (Å²) in [6.07, 6.45) is 6.38. The predicted molar refractivity (Wildman–Crippen MR) is 80.0 cm³/mol. The van der Waals surface area contributed by atoms with Crippen molar-refractivity contribution in [3.8, 4) is 0 Å². The van der Waals surface area contributed by atoms with E-state index in [2.05, 4.69) is 17.4 Å². The number of rotatable bonds is 5. The molecule has 3 atom stereocenters. The number of nitrogens with zero attached hydrogens (tertiary/aromatic N) is 2. The van der Waals surface area contributed by atoms with Crippen molar-refractivity contribution in [1.82, 2.24) is 15.5 Å². The summed E-state index contributed by atoms with van der Waals surface area (Å²) >= 11 is 0. The predicted octanol–water partition coefficient (Wildman–Crippen LogP) is 3.05. The summed E-state index contributed by atoms with van der Waals surface area (Å²) in [5, 5.41) is 7.64. The Labute approximate surface area is 126 Å². The molecule has 0 amide bonds. The van der Waals surface area contributed by atoms with Crippen LogP contribution in [0.3, 0.4) is 0 Å². The van der Waals surface area contributed by atoms with Crippen LogP contribution in [-0.4, -0.2) is 29.8 Å². The fourth-order valence-corrected chi connectivity index (χ4v) is 3.69. The van der Waals surface area contributed by atoms with Gasteiger partial charge in [0, 0.05) is 13.2 Å². The van der Waals surface area contributed by atoms with Crippen molar-refractivity contribution in [2.24, 2.45) is 11.8 Å². The Bertz CT molecular complexity index is 442. The Morgan fingerprint density at radius 2 is 2.10 bits per heavy atom. The third-order valence-corrected chi connectivity index (χ3v) is 4.97. The molecule has 21 heavy (non-hydrogen) atoms. The molecular formula is C16H27N3O2. The summed E-state index contributed by atoms with van der Waals surface area (Å²) in [7, 11) is 0. The summed E-state index contributed by atoms with van der Waals surface area (Å²) in [6, 6.07) is 0. The topological polar surface area (TPSA) is 60.2 Å². The molecule has 1 N–H and O–H groups in total. The van der Waals surface area contributed by atoms with Crippen molar-refractivity contribution >= 4 is 0 Å². The molecule has 2 fully saturated rings. The van der Waals surface area contributed by atoms with E-state index < -0.39 is 0 Å². The lowest BCUT2D eigenvalue weighted by atomic mass is 9.85. The van der Waals surface area contributed by atoms with Crippen molar-refractivity contribution in [2.75, 3.05) is 19.7 Å². The van der Waals surface area contributed by atoms with Gasteiger partial charge < -0.3 is 14.6 Å². The standard InChI is InChI=1S/C16H27N3O2/c1-3-20-14(12-7-5-4-6-8-12)15-18-16(21-19-15)13-10-17-9-11(13)2/h11-14,17H,3-10H2,1-2H3. The highest BCUT2D eigenvalue weighted by Gasteiger charge is 2.33. The van der Waals surface area contributed by atoms with E-state index >= 15 is 0 Å². The summed E-state index contributed by atoms with van der Waals surface area (Å²) in [5.74, 6) is 2.99. The van der Waals surface area contributed by atoms with Crippen LogP contribution in [0.5, 0.6) is 0 Å². The molecule has 0 bridgehead atoms. The van der Waals surface area contributed by atoms with Gasteiger partial charge in [-0.3, -0.25) is 0 Å². The van der Waals surface area contributed by atoms with Crippen molar-refractivity contribution in [3.05, 3.63) is 11.7 Å². The molecule has 1 aliphatic carbocycles. The van der Waals surface area contributed by atoms with Gasteiger partial charge in [0.2, 0.25) is 11.7 Å². The smallest absolute Gasteiger partial charge is 0.231 e. The zero-order chi connectivity index (χ0) is 14.7. The molecule has 5 nitrogen and oxygen atoms in total. The first-order valence-corrected chi connectivity index (χ1v) is 8.45. The Morgan fingerprint density at radius 1 is 1.29 bits per heavy atom. The van der Waals surface area contributed by atoms with Crippen molar-refractivity contribution in [2.45, 2.75) is 58.0 Å². The highest BCUT2D eigenvalue weighted by atomic mass is 16.5. The third kappa shape index (κ3) is 3.29. The lowest BCUT2D eigenvalue weighted by molar-refractivity contribution is -0.00145. The number of aromatic nitrogens is 2. The van der Waals surface area contributed by atoms with Crippen LogP contribution in [0.2, 0.25) is 0 Å². The first kappa shape index (κ1) is 15.0. The lowest BCUT2D eigenvalue weighted by Gasteiger charge is -2.27. The second-order valence-corrected chi connectivity index (χ2v) is 6.51. The SMILES string of the molecule is CCOC(c1noc(C2CNCC2C)n1)C1CCCCC1. The van der Waals surface area contributed by atoms with E-state index in [-0.39, 0.29) is 6.10 Å². The second-order valence-electron chi connectivity index (χ2n) is 6.51. The van der Waals surface area contributed by atoms with Gasteiger partial charge in [0.1, 0.15) is 6.10 Å². The molecule has 1 aromatic heterocycles. The number of hydrogen-bond acceptors (Lipinski definition) is 5. The van der Waals surface area contributed by atoms with Crippen LogP contribution >= 0.6 is 0 Å². The molecule has 2 heterocycles. The first-order chi connectivity index (χ1) is 10.3. The number of hydrogen-bond donors (Lipinski definition) is 1. The summed E-state index contributed by atoms with van der Waals surface area (Å²) in [5.41, 5.74) is 0.